The van der Waals surface area contributed by atoms with Crippen LogP contribution in [0.15, 0.2) is 46.9 Å². The summed E-state index contributed by atoms with van der Waals surface area (Å²) in [5.41, 5.74) is 0.824. The van der Waals surface area contributed by atoms with E-state index in [1.807, 2.05) is 0 Å². The zero-order valence-corrected chi connectivity index (χ0v) is 15.6. The molecule has 2 aromatic carbocycles. The Hall–Kier alpha value is -2.54. The summed E-state index contributed by atoms with van der Waals surface area (Å²) in [4.78, 5) is 24.5. The Bertz CT molecular complexity index is 761. The van der Waals surface area contributed by atoms with Crippen LogP contribution in [0.2, 0.25) is 0 Å². The quantitative estimate of drug-likeness (QED) is 0.739. The van der Waals surface area contributed by atoms with Crippen molar-refractivity contribution in [3.8, 4) is 11.5 Å². The number of rotatable bonds is 6. The van der Waals surface area contributed by atoms with Crippen molar-refractivity contribution in [2.75, 3.05) is 19.5 Å². The number of anilines is 1. The van der Waals surface area contributed by atoms with E-state index in [-0.39, 0.29) is 5.56 Å². The number of nitrogens with one attached hydrogen (secondary N) is 1. The van der Waals surface area contributed by atoms with Crippen LogP contribution in [0.5, 0.6) is 11.5 Å². The van der Waals surface area contributed by atoms with Crippen molar-refractivity contribution in [1.29, 1.82) is 0 Å². The average Bonchev–Trinajstić information content (AvgIpc) is 2.62. The number of carbonyl (C=O) groups excluding carboxylic acids is 2. The summed E-state index contributed by atoms with van der Waals surface area (Å²) in [5.74, 6) is -0.222. The second kappa shape index (κ2) is 8.53. The lowest BCUT2D eigenvalue weighted by Gasteiger charge is -2.15. The second-order valence-electron chi connectivity index (χ2n) is 5.11. The Morgan fingerprint density at radius 3 is 2.32 bits per heavy atom. The molecule has 0 bridgehead atoms. The van der Waals surface area contributed by atoms with Crippen LogP contribution in [-0.4, -0.2) is 32.2 Å². The molecule has 0 aliphatic carbocycles. The molecule has 1 N–H and O–H groups in total. The zero-order valence-electron chi connectivity index (χ0n) is 14.0. The van der Waals surface area contributed by atoms with Crippen molar-refractivity contribution in [1.82, 2.24) is 0 Å². The molecule has 0 aromatic heterocycles. The van der Waals surface area contributed by atoms with E-state index in [2.05, 4.69) is 21.2 Å². The summed E-state index contributed by atoms with van der Waals surface area (Å²) in [6.45, 7) is 1.50. The highest BCUT2D eigenvalue weighted by molar-refractivity contribution is 9.10. The maximum Gasteiger partial charge on any atom is 0.342 e. The van der Waals surface area contributed by atoms with Crippen LogP contribution in [0, 0.1) is 0 Å². The lowest BCUT2D eigenvalue weighted by Crippen LogP contribution is -2.30. The number of carbonyl (C=O) groups is 2. The first kappa shape index (κ1) is 18.8. The number of halogens is 1. The van der Waals surface area contributed by atoms with E-state index in [0.29, 0.717) is 17.2 Å². The monoisotopic (exact) mass is 407 g/mol. The second-order valence-corrected chi connectivity index (χ2v) is 6.03. The normalized spacial score (nSPS) is 11.4. The van der Waals surface area contributed by atoms with Gasteiger partial charge in [-0.05, 0) is 43.3 Å². The predicted molar refractivity (Wildman–Crippen MR) is 97.2 cm³/mol. The maximum atomic E-state index is 12.3. The number of amides is 1. The number of esters is 1. The van der Waals surface area contributed by atoms with Crippen molar-refractivity contribution in [2.45, 2.75) is 13.0 Å². The molecule has 25 heavy (non-hydrogen) atoms. The first-order valence-corrected chi connectivity index (χ1v) is 8.23. The Morgan fingerprint density at radius 1 is 1.04 bits per heavy atom. The molecule has 1 atom stereocenters. The van der Waals surface area contributed by atoms with Crippen molar-refractivity contribution in [3.63, 3.8) is 0 Å². The molecular weight excluding hydrogens is 390 g/mol. The van der Waals surface area contributed by atoms with Gasteiger partial charge in [0.15, 0.2) is 6.10 Å². The highest BCUT2D eigenvalue weighted by Crippen LogP contribution is 2.25. The van der Waals surface area contributed by atoms with Gasteiger partial charge in [0.25, 0.3) is 5.91 Å². The number of ether oxygens (including phenoxy) is 3. The van der Waals surface area contributed by atoms with Crippen molar-refractivity contribution < 1.29 is 23.8 Å². The molecule has 2 aromatic rings. The van der Waals surface area contributed by atoms with Gasteiger partial charge >= 0.3 is 5.97 Å². The van der Waals surface area contributed by atoms with Gasteiger partial charge in [-0.25, -0.2) is 4.79 Å². The minimum Gasteiger partial charge on any atom is -0.497 e. The van der Waals surface area contributed by atoms with Gasteiger partial charge in [-0.2, -0.15) is 0 Å². The van der Waals surface area contributed by atoms with Gasteiger partial charge in [0.2, 0.25) is 0 Å². The molecule has 0 spiro atoms. The summed E-state index contributed by atoms with van der Waals surface area (Å²) in [6.07, 6.45) is -0.969. The van der Waals surface area contributed by atoms with Gasteiger partial charge in [0.05, 0.1) is 14.2 Å². The van der Waals surface area contributed by atoms with Gasteiger partial charge < -0.3 is 19.5 Å². The number of benzene rings is 2. The van der Waals surface area contributed by atoms with E-state index in [4.69, 9.17) is 14.2 Å². The predicted octanol–water partition coefficient (Wildman–Crippen LogP) is 3.65. The molecule has 132 valence electrons. The maximum absolute atomic E-state index is 12.3. The first-order chi connectivity index (χ1) is 11.9. The third-order valence-electron chi connectivity index (χ3n) is 3.39. The minimum atomic E-state index is -0.969. The van der Waals surface area contributed by atoms with E-state index in [9.17, 15) is 9.59 Å². The molecule has 0 saturated heterocycles. The molecule has 0 fully saturated rings. The van der Waals surface area contributed by atoms with Gasteiger partial charge in [0, 0.05) is 16.2 Å². The van der Waals surface area contributed by atoms with Crippen molar-refractivity contribution >= 4 is 33.5 Å². The fourth-order valence-electron chi connectivity index (χ4n) is 2.02. The Balaban J connectivity index is 2.04. The molecule has 0 radical (unpaired) electrons. The summed E-state index contributed by atoms with van der Waals surface area (Å²) in [6, 6.07) is 11.8. The van der Waals surface area contributed by atoms with E-state index in [0.717, 1.165) is 4.47 Å². The molecule has 2 rings (SSSR count). The standard InChI is InChI=1S/C18H18BrNO5/c1-11(17(21)20-13-6-4-12(19)5-7-13)25-18(22)15-9-8-14(23-2)10-16(15)24-3/h4-11H,1-3H3,(H,20,21). The first-order valence-electron chi connectivity index (χ1n) is 7.44. The lowest BCUT2D eigenvalue weighted by atomic mass is 10.2. The largest absolute Gasteiger partial charge is 0.497 e. The summed E-state index contributed by atoms with van der Waals surface area (Å²) in [7, 11) is 2.95. The van der Waals surface area contributed by atoms with Crippen molar-refractivity contribution in [2.24, 2.45) is 0 Å². The topological polar surface area (TPSA) is 73.9 Å². The van der Waals surface area contributed by atoms with E-state index < -0.39 is 18.0 Å². The zero-order chi connectivity index (χ0) is 18.4. The molecule has 0 aliphatic rings. The molecule has 7 heteroatoms. The van der Waals surface area contributed by atoms with Gasteiger partial charge in [-0.15, -0.1) is 0 Å². The third-order valence-corrected chi connectivity index (χ3v) is 3.92. The van der Waals surface area contributed by atoms with Crippen LogP contribution in [-0.2, 0) is 9.53 Å². The van der Waals surface area contributed by atoms with Crippen LogP contribution < -0.4 is 14.8 Å². The highest BCUT2D eigenvalue weighted by atomic mass is 79.9. The minimum absolute atomic E-state index is 0.214. The van der Waals surface area contributed by atoms with Crippen LogP contribution in [0.25, 0.3) is 0 Å². The third kappa shape index (κ3) is 4.96. The summed E-state index contributed by atoms with van der Waals surface area (Å²) < 4.78 is 16.4. The van der Waals surface area contributed by atoms with Gasteiger partial charge in [0.1, 0.15) is 17.1 Å². The molecule has 0 aliphatic heterocycles. The smallest absolute Gasteiger partial charge is 0.342 e. The Kier molecular flexibility index (Phi) is 6.41. The number of hydrogen-bond donors (Lipinski definition) is 1. The Morgan fingerprint density at radius 2 is 1.72 bits per heavy atom. The van der Waals surface area contributed by atoms with Gasteiger partial charge in [-0.3, -0.25) is 4.79 Å². The van der Waals surface area contributed by atoms with Crippen LogP contribution in [0.3, 0.4) is 0 Å². The van der Waals surface area contributed by atoms with Crippen LogP contribution in [0.1, 0.15) is 17.3 Å². The van der Waals surface area contributed by atoms with Crippen LogP contribution in [0.4, 0.5) is 5.69 Å². The Labute approximate surface area is 154 Å². The molecule has 0 saturated carbocycles. The average molecular weight is 408 g/mol. The van der Waals surface area contributed by atoms with E-state index in [1.165, 1.54) is 27.2 Å². The fraction of sp³-hybridized carbons (Fsp3) is 0.222. The molecular formula is C18H18BrNO5. The molecule has 1 unspecified atom stereocenters. The molecule has 0 heterocycles. The lowest BCUT2D eigenvalue weighted by molar-refractivity contribution is -0.123. The number of hydrogen-bond acceptors (Lipinski definition) is 5. The van der Waals surface area contributed by atoms with Gasteiger partial charge in [-0.1, -0.05) is 15.9 Å². The van der Waals surface area contributed by atoms with E-state index in [1.54, 1.807) is 36.4 Å². The highest BCUT2D eigenvalue weighted by Gasteiger charge is 2.21. The number of methoxy groups -OCH3 is 2. The fourth-order valence-corrected chi connectivity index (χ4v) is 2.29. The van der Waals surface area contributed by atoms with E-state index >= 15 is 0 Å². The molecule has 6 nitrogen and oxygen atoms in total. The molecule has 1 amide bonds. The van der Waals surface area contributed by atoms with Crippen LogP contribution >= 0.6 is 15.9 Å². The SMILES string of the molecule is COc1ccc(C(=O)OC(C)C(=O)Nc2ccc(Br)cc2)c(OC)c1. The summed E-state index contributed by atoms with van der Waals surface area (Å²) >= 11 is 3.32. The summed E-state index contributed by atoms with van der Waals surface area (Å²) in [5, 5.41) is 2.68. The van der Waals surface area contributed by atoms with Crippen molar-refractivity contribution in [3.05, 3.63) is 52.5 Å².